The molecule has 0 saturated heterocycles. The highest BCUT2D eigenvalue weighted by Crippen LogP contribution is 2.19. The van der Waals surface area contributed by atoms with Gasteiger partial charge in [-0.15, -0.1) is 11.8 Å². The first kappa shape index (κ1) is 13.7. The van der Waals surface area contributed by atoms with E-state index in [1.165, 1.54) is 4.90 Å². The fourth-order valence-electron chi connectivity index (χ4n) is 1.85. The third-order valence-corrected chi connectivity index (χ3v) is 3.73. The van der Waals surface area contributed by atoms with E-state index in [4.69, 9.17) is 0 Å². The number of carbonyl (C=O) groups is 1. The van der Waals surface area contributed by atoms with Gasteiger partial charge in [-0.05, 0) is 56.0 Å². The molecule has 2 aromatic rings. The number of amides is 1. The van der Waals surface area contributed by atoms with Crippen molar-refractivity contribution in [2.24, 2.45) is 0 Å². The van der Waals surface area contributed by atoms with E-state index in [0.717, 1.165) is 22.4 Å². The molecule has 1 N–H and O–H groups in total. The predicted molar refractivity (Wildman–Crippen MR) is 82.1 cm³/mol. The smallest absolute Gasteiger partial charge is 0.255 e. The lowest BCUT2D eigenvalue weighted by Gasteiger charge is -2.09. The molecule has 19 heavy (non-hydrogen) atoms. The first-order chi connectivity index (χ1) is 9.10. The van der Waals surface area contributed by atoms with Crippen molar-refractivity contribution in [3.63, 3.8) is 0 Å². The average molecular weight is 271 g/mol. The molecule has 2 nitrogen and oxygen atoms in total. The molecule has 2 rings (SSSR count). The Bertz CT molecular complexity index is 590. The molecule has 2 aromatic carbocycles. The van der Waals surface area contributed by atoms with Crippen molar-refractivity contribution in [1.29, 1.82) is 0 Å². The van der Waals surface area contributed by atoms with Gasteiger partial charge in [-0.1, -0.05) is 17.7 Å². The second-order valence-electron chi connectivity index (χ2n) is 4.50. The van der Waals surface area contributed by atoms with Gasteiger partial charge in [-0.25, -0.2) is 0 Å². The Morgan fingerprint density at radius 2 is 1.74 bits per heavy atom. The maximum absolute atomic E-state index is 12.2. The first-order valence-corrected chi connectivity index (χ1v) is 7.35. The summed E-state index contributed by atoms with van der Waals surface area (Å²) in [5.41, 5.74) is 3.63. The molecule has 0 radical (unpaired) electrons. The highest BCUT2D eigenvalue weighted by Gasteiger charge is 2.09. The summed E-state index contributed by atoms with van der Waals surface area (Å²) in [5, 5.41) is 2.93. The minimum absolute atomic E-state index is 0.0573. The Labute approximate surface area is 118 Å². The number of benzene rings is 2. The van der Waals surface area contributed by atoms with Gasteiger partial charge in [0.05, 0.1) is 0 Å². The Balaban J connectivity index is 2.18. The number of nitrogens with one attached hydrogen (secondary N) is 1. The summed E-state index contributed by atoms with van der Waals surface area (Å²) in [6.07, 6.45) is 2.03. The van der Waals surface area contributed by atoms with Gasteiger partial charge in [-0.3, -0.25) is 4.79 Å². The van der Waals surface area contributed by atoms with Crippen LogP contribution in [-0.2, 0) is 0 Å². The number of thioether (sulfide) groups is 1. The predicted octanol–water partition coefficient (Wildman–Crippen LogP) is 4.28. The SMILES string of the molecule is CSc1ccc(NC(=O)c2cc(C)ccc2C)cc1. The van der Waals surface area contributed by atoms with Crippen LogP contribution < -0.4 is 5.32 Å². The van der Waals surface area contributed by atoms with Gasteiger partial charge in [0, 0.05) is 16.1 Å². The zero-order valence-electron chi connectivity index (χ0n) is 11.4. The number of rotatable bonds is 3. The van der Waals surface area contributed by atoms with E-state index in [1.807, 2.05) is 62.6 Å². The lowest BCUT2D eigenvalue weighted by Crippen LogP contribution is -2.13. The lowest BCUT2D eigenvalue weighted by molar-refractivity contribution is 0.102. The molecule has 0 aliphatic carbocycles. The average Bonchev–Trinajstić information content (AvgIpc) is 2.42. The summed E-state index contributed by atoms with van der Waals surface area (Å²) < 4.78 is 0. The highest BCUT2D eigenvalue weighted by molar-refractivity contribution is 7.98. The van der Waals surface area contributed by atoms with Crippen molar-refractivity contribution in [2.75, 3.05) is 11.6 Å². The second kappa shape index (κ2) is 5.93. The first-order valence-electron chi connectivity index (χ1n) is 6.13. The van der Waals surface area contributed by atoms with Crippen LogP contribution in [0.2, 0.25) is 0 Å². The van der Waals surface area contributed by atoms with Crippen LogP contribution in [-0.4, -0.2) is 12.2 Å². The Kier molecular flexibility index (Phi) is 4.27. The van der Waals surface area contributed by atoms with Gasteiger partial charge in [0.15, 0.2) is 0 Å². The van der Waals surface area contributed by atoms with Crippen LogP contribution in [0.1, 0.15) is 21.5 Å². The maximum Gasteiger partial charge on any atom is 0.255 e. The van der Waals surface area contributed by atoms with E-state index >= 15 is 0 Å². The summed E-state index contributed by atoms with van der Waals surface area (Å²) in [4.78, 5) is 13.4. The minimum Gasteiger partial charge on any atom is -0.322 e. The van der Waals surface area contributed by atoms with Gasteiger partial charge in [-0.2, -0.15) is 0 Å². The van der Waals surface area contributed by atoms with Crippen molar-refractivity contribution >= 4 is 23.4 Å². The van der Waals surface area contributed by atoms with Crippen LogP contribution in [0.5, 0.6) is 0 Å². The van der Waals surface area contributed by atoms with Crippen molar-refractivity contribution in [3.8, 4) is 0 Å². The van der Waals surface area contributed by atoms with Gasteiger partial charge in [0.2, 0.25) is 0 Å². The molecule has 0 spiro atoms. The number of hydrogen-bond donors (Lipinski definition) is 1. The molecule has 3 heteroatoms. The number of anilines is 1. The molecular weight excluding hydrogens is 254 g/mol. The summed E-state index contributed by atoms with van der Waals surface area (Å²) in [6.45, 7) is 3.94. The van der Waals surface area contributed by atoms with Crippen molar-refractivity contribution in [3.05, 3.63) is 59.2 Å². The van der Waals surface area contributed by atoms with Gasteiger partial charge in [0.1, 0.15) is 0 Å². The lowest BCUT2D eigenvalue weighted by atomic mass is 10.1. The molecule has 0 saturated carbocycles. The van der Waals surface area contributed by atoms with Gasteiger partial charge < -0.3 is 5.32 Å². The molecule has 0 unspecified atom stereocenters. The standard InChI is InChI=1S/C16H17NOS/c1-11-4-5-12(2)15(10-11)16(18)17-13-6-8-14(19-3)9-7-13/h4-10H,1-3H3,(H,17,18). The monoisotopic (exact) mass is 271 g/mol. The highest BCUT2D eigenvalue weighted by atomic mass is 32.2. The van der Waals surface area contributed by atoms with Crippen molar-refractivity contribution < 1.29 is 4.79 Å². The Morgan fingerprint density at radius 1 is 1.05 bits per heavy atom. The normalized spacial score (nSPS) is 10.3. The van der Waals surface area contributed by atoms with Crippen molar-refractivity contribution in [2.45, 2.75) is 18.7 Å². The third kappa shape index (κ3) is 3.38. The van der Waals surface area contributed by atoms with Crippen molar-refractivity contribution in [1.82, 2.24) is 0 Å². The summed E-state index contributed by atoms with van der Waals surface area (Å²) in [7, 11) is 0. The quantitative estimate of drug-likeness (QED) is 0.844. The molecule has 0 bridgehead atoms. The summed E-state index contributed by atoms with van der Waals surface area (Å²) in [5.74, 6) is -0.0573. The van der Waals surface area contributed by atoms with Gasteiger partial charge >= 0.3 is 0 Å². The van der Waals surface area contributed by atoms with Crippen LogP contribution in [0.4, 0.5) is 5.69 Å². The van der Waals surface area contributed by atoms with Crippen LogP contribution >= 0.6 is 11.8 Å². The zero-order chi connectivity index (χ0) is 13.8. The van der Waals surface area contributed by atoms with Gasteiger partial charge in [0.25, 0.3) is 5.91 Å². The fraction of sp³-hybridized carbons (Fsp3) is 0.188. The fourth-order valence-corrected chi connectivity index (χ4v) is 2.26. The van der Waals surface area contributed by atoms with Crippen LogP contribution in [0, 0.1) is 13.8 Å². The Hall–Kier alpha value is -1.74. The maximum atomic E-state index is 12.2. The van der Waals surface area contributed by atoms with Crippen LogP contribution in [0.15, 0.2) is 47.4 Å². The number of aryl methyl sites for hydroxylation is 2. The summed E-state index contributed by atoms with van der Waals surface area (Å²) >= 11 is 1.68. The van der Waals surface area contributed by atoms with E-state index in [9.17, 15) is 4.79 Å². The summed E-state index contributed by atoms with van der Waals surface area (Å²) in [6, 6.07) is 13.8. The molecule has 0 aliphatic rings. The molecule has 98 valence electrons. The largest absolute Gasteiger partial charge is 0.322 e. The number of carbonyl (C=O) groups excluding carboxylic acids is 1. The topological polar surface area (TPSA) is 29.1 Å². The van der Waals surface area contributed by atoms with E-state index in [2.05, 4.69) is 5.32 Å². The van der Waals surface area contributed by atoms with E-state index in [0.29, 0.717) is 0 Å². The Morgan fingerprint density at radius 3 is 2.37 bits per heavy atom. The minimum atomic E-state index is -0.0573. The molecule has 0 heterocycles. The van der Waals surface area contributed by atoms with E-state index in [-0.39, 0.29) is 5.91 Å². The van der Waals surface area contributed by atoms with Crippen LogP contribution in [0.25, 0.3) is 0 Å². The molecule has 0 aliphatic heterocycles. The second-order valence-corrected chi connectivity index (χ2v) is 5.38. The third-order valence-electron chi connectivity index (χ3n) is 2.99. The number of hydrogen-bond acceptors (Lipinski definition) is 2. The van der Waals surface area contributed by atoms with E-state index in [1.54, 1.807) is 11.8 Å². The zero-order valence-corrected chi connectivity index (χ0v) is 12.2. The molecule has 1 amide bonds. The molecule has 0 aromatic heterocycles. The van der Waals surface area contributed by atoms with Crippen LogP contribution in [0.3, 0.4) is 0 Å². The molecule has 0 atom stereocenters. The molecule has 0 fully saturated rings. The molecular formula is C16H17NOS. The van der Waals surface area contributed by atoms with E-state index < -0.39 is 0 Å².